The van der Waals surface area contributed by atoms with Crippen molar-refractivity contribution in [2.24, 2.45) is 0 Å². The highest BCUT2D eigenvalue weighted by Crippen LogP contribution is 2.30. The molecule has 2 rings (SSSR count). The van der Waals surface area contributed by atoms with Gasteiger partial charge in [-0.15, -0.1) is 0 Å². The lowest BCUT2D eigenvalue weighted by Gasteiger charge is -2.24. The van der Waals surface area contributed by atoms with Crippen molar-refractivity contribution in [2.45, 2.75) is 18.7 Å². The van der Waals surface area contributed by atoms with Crippen LogP contribution in [0.2, 0.25) is 0 Å². The van der Waals surface area contributed by atoms with E-state index >= 15 is 0 Å². The lowest BCUT2D eigenvalue weighted by molar-refractivity contribution is -0.387. The SMILES string of the molecule is COC(=O)CN(c1ccc(C)c(C)c1)S(=O)(=O)c1ccccc1[N+](=O)[O-]. The molecule has 0 bridgehead atoms. The largest absolute Gasteiger partial charge is 0.468 e. The normalized spacial score (nSPS) is 11.0. The maximum atomic E-state index is 13.1. The van der Waals surface area contributed by atoms with E-state index in [2.05, 4.69) is 4.74 Å². The van der Waals surface area contributed by atoms with Crippen LogP contribution in [-0.4, -0.2) is 33.0 Å². The van der Waals surface area contributed by atoms with Crippen LogP contribution in [-0.2, 0) is 19.6 Å². The smallest absolute Gasteiger partial charge is 0.326 e. The highest BCUT2D eigenvalue weighted by Gasteiger charge is 2.33. The molecule has 0 atom stereocenters. The van der Waals surface area contributed by atoms with Crippen molar-refractivity contribution in [3.8, 4) is 0 Å². The van der Waals surface area contributed by atoms with Gasteiger partial charge in [-0.1, -0.05) is 18.2 Å². The predicted molar refractivity (Wildman–Crippen MR) is 95.6 cm³/mol. The highest BCUT2D eigenvalue weighted by atomic mass is 32.2. The Balaban J connectivity index is 2.66. The number of methoxy groups -OCH3 is 1. The van der Waals surface area contributed by atoms with Gasteiger partial charge < -0.3 is 4.74 Å². The first-order chi connectivity index (χ1) is 12.2. The number of nitro groups is 1. The maximum Gasteiger partial charge on any atom is 0.326 e. The standard InChI is InChI=1S/C17H18N2O6S/c1-12-8-9-14(10-13(12)2)18(11-17(20)25-3)26(23,24)16-7-5-4-6-15(16)19(21)22/h4-10H,11H2,1-3H3. The molecule has 0 heterocycles. The summed E-state index contributed by atoms with van der Waals surface area (Å²) in [4.78, 5) is 21.8. The average Bonchev–Trinajstić information content (AvgIpc) is 2.61. The van der Waals surface area contributed by atoms with Gasteiger partial charge in [-0.3, -0.25) is 19.2 Å². The molecule has 138 valence electrons. The van der Waals surface area contributed by atoms with Crippen LogP contribution in [0, 0.1) is 24.0 Å². The molecule has 0 saturated carbocycles. The first kappa shape index (κ1) is 19.4. The zero-order chi connectivity index (χ0) is 19.5. The first-order valence-electron chi connectivity index (χ1n) is 7.58. The molecule has 0 aliphatic heterocycles. The Morgan fingerprint density at radius 1 is 1.15 bits per heavy atom. The molecule has 0 saturated heterocycles. The van der Waals surface area contributed by atoms with Crippen LogP contribution in [0.3, 0.4) is 0 Å². The minimum absolute atomic E-state index is 0.219. The summed E-state index contributed by atoms with van der Waals surface area (Å²) in [6.07, 6.45) is 0. The number of nitrogens with zero attached hydrogens (tertiary/aromatic N) is 2. The number of rotatable bonds is 6. The Morgan fingerprint density at radius 2 is 1.81 bits per heavy atom. The molecule has 0 aliphatic rings. The fraction of sp³-hybridized carbons (Fsp3) is 0.235. The van der Waals surface area contributed by atoms with Gasteiger partial charge >= 0.3 is 5.97 Å². The number of carbonyl (C=O) groups is 1. The molecule has 0 spiro atoms. The van der Waals surface area contributed by atoms with Crippen molar-refractivity contribution < 1.29 is 22.9 Å². The van der Waals surface area contributed by atoms with Crippen molar-refractivity contribution in [1.82, 2.24) is 0 Å². The van der Waals surface area contributed by atoms with Crippen LogP contribution in [0.25, 0.3) is 0 Å². The monoisotopic (exact) mass is 378 g/mol. The molecular formula is C17H18N2O6S. The number of benzene rings is 2. The number of carbonyl (C=O) groups excluding carboxylic acids is 1. The zero-order valence-electron chi connectivity index (χ0n) is 14.5. The van der Waals surface area contributed by atoms with Gasteiger partial charge in [-0.25, -0.2) is 8.42 Å². The second kappa shape index (κ2) is 7.52. The fourth-order valence-corrected chi connectivity index (χ4v) is 3.88. The third-order valence-electron chi connectivity index (χ3n) is 3.91. The topological polar surface area (TPSA) is 107 Å². The molecule has 2 aromatic rings. The molecule has 9 heteroatoms. The van der Waals surface area contributed by atoms with Gasteiger partial charge in [0.15, 0.2) is 4.90 Å². The number of nitro benzene ring substituents is 1. The summed E-state index contributed by atoms with van der Waals surface area (Å²) in [5.41, 5.74) is 1.41. The first-order valence-corrected chi connectivity index (χ1v) is 9.02. The molecule has 2 aromatic carbocycles. The van der Waals surface area contributed by atoms with E-state index < -0.39 is 38.0 Å². The third-order valence-corrected chi connectivity index (χ3v) is 5.73. The zero-order valence-corrected chi connectivity index (χ0v) is 15.3. The van der Waals surface area contributed by atoms with Crippen molar-refractivity contribution in [3.63, 3.8) is 0 Å². The Hall–Kier alpha value is -2.94. The average molecular weight is 378 g/mol. The second-order valence-electron chi connectivity index (χ2n) is 5.58. The van der Waals surface area contributed by atoms with E-state index in [1.54, 1.807) is 19.1 Å². The van der Waals surface area contributed by atoms with Crippen LogP contribution >= 0.6 is 0 Å². The van der Waals surface area contributed by atoms with Crippen molar-refractivity contribution in [3.05, 3.63) is 63.7 Å². The van der Waals surface area contributed by atoms with Gasteiger partial charge in [0.25, 0.3) is 15.7 Å². The third kappa shape index (κ3) is 3.83. The van der Waals surface area contributed by atoms with Gasteiger partial charge in [0.2, 0.25) is 0 Å². The van der Waals surface area contributed by atoms with E-state index in [9.17, 15) is 23.3 Å². The van der Waals surface area contributed by atoms with E-state index in [1.165, 1.54) is 18.2 Å². The summed E-state index contributed by atoms with van der Waals surface area (Å²) in [6, 6.07) is 9.85. The maximum absolute atomic E-state index is 13.1. The quantitative estimate of drug-likeness (QED) is 0.434. The van der Waals surface area contributed by atoms with E-state index in [-0.39, 0.29) is 5.69 Å². The molecule has 0 aromatic heterocycles. The summed E-state index contributed by atoms with van der Waals surface area (Å²) in [5, 5.41) is 11.2. The number of hydrogen-bond donors (Lipinski definition) is 0. The van der Waals surface area contributed by atoms with Crippen molar-refractivity contribution in [2.75, 3.05) is 18.0 Å². The van der Waals surface area contributed by atoms with E-state index in [1.807, 2.05) is 6.92 Å². The number of esters is 1. The van der Waals surface area contributed by atoms with Crippen LogP contribution in [0.4, 0.5) is 11.4 Å². The lowest BCUT2D eigenvalue weighted by Crippen LogP contribution is -2.36. The number of ether oxygens (including phenoxy) is 1. The number of sulfonamides is 1. The van der Waals surface area contributed by atoms with E-state index in [0.29, 0.717) is 0 Å². The lowest BCUT2D eigenvalue weighted by atomic mass is 10.1. The summed E-state index contributed by atoms with van der Waals surface area (Å²) in [5.74, 6) is -0.787. The van der Waals surface area contributed by atoms with Crippen LogP contribution in [0.5, 0.6) is 0 Å². The molecule has 0 unspecified atom stereocenters. The number of para-hydroxylation sites is 1. The van der Waals surface area contributed by atoms with Crippen molar-refractivity contribution >= 4 is 27.4 Å². The summed E-state index contributed by atoms with van der Waals surface area (Å²) in [6.45, 7) is 3.06. The minimum Gasteiger partial charge on any atom is -0.468 e. The van der Waals surface area contributed by atoms with Gasteiger partial charge in [0, 0.05) is 6.07 Å². The second-order valence-corrected chi connectivity index (χ2v) is 7.41. The Bertz CT molecular complexity index is 955. The number of aryl methyl sites for hydroxylation is 2. The molecular weight excluding hydrogens is 360 g/mol. The van der Waals surface area contributed by atoms with Crippen LogP contribution < -0.4 is 4.31 Å². The van der Waals surface area contributed by atoms with E-state index in [4.69, 9.17) is 0 Å². The molecule has 0 aliphatic carbocycles. The Kier molecular flexibility index (Phi) is 5.61. The van der Waals surface area contributed by atoms with Crippen LogP contribution in [0.1, 0.15) is 11.1 Å². The van der Waals surface area contributed by atoms with Gasteiger partial charge in [-0.2, -0.15) is 0 Å². The minimum atomic E-state index is -4.37. The van der Waals surface area contributed by atoms with Crippen LogP contribution in [0.15, 0.2) is 47.4 Å². The number of hydrogen-bond acceptors (Lipinski definition) is 6. The molecule has 0 fully saturated rings. The van der Waals surface area contributed by atoms with Gasteiger partial charge in [0.05, 0.1) is 17.7 Å². The Morgan fingerprint density at radius 3 is 2.38 bits per heavy atom. The summed E-state index contributed by atoms with van der Waals surface area (Å²) >= 11 is 0. The van der Waals surface area contributed by atoms with Gasteiger partial charge in [0.1, 0.15) is 6.54 Å². The molecule has 26 heavy (non-hydrogen) atoms. The molecule has 0 amide bonds. The molecule has 0 radical (unpaired) electrons. The molecule has 0 N–H and O–H groups in total. The molecule has 8 nitrogen and oxygen atoms in total. The fourth-order valence-electron chi connectivity index (χ4n) is 2.32. The Labute approximate surface area is 151 Å². The number of anilines is 1. The van der Waals surface area contributed by atoms with Crippen molar-refractivity contribution in [1.29, 1.82) is 0 Å². The van der Waals surface area contributed by atoms with E-state index in [0.717, 1.165) is 34.7 Å². The summed E-state index contributed by atoms with van der Waals surface area (Å²) < 4.78 is 31.6. The summed E-state index contributed by atoms with van der Waals surface area (Å²) in [7, 11) is -3.24. The predicted octanol–water partition coefficient (Wildman–Crippen LogP) is 2.58. The van der Waals surface area contributed by atoms with Gasteiger partial charge in [-0.05, 0) is 43.2 Å². The highest BCUT2D eigenvalue weighted by molar-refractivity contribution is 7.93.